The molecule has 102 valence electrons. The summed E-state index contributed by atoms with van der Waals surface area (Å²) in [7, 11) is 0. The van der Waals surface area contributed by atoms with E-state index in [4.69, 9.17) is 5.73 Å². The van der Waals surface area contributed by atoms with Gasteiger partial charge in [-0.1, -0.05) is 11.8 Å². The van der Waals surface area contributed by atoms with Crippen LogP contribution in [0.4, 0.5) is 0 Å². The molecule has 3 aromatic heterocycles. The van der Waals surface area contributed by atoms with E-state index in [1.807, 2.05) is 4.40 Å². The zero-order valence-corrected chi connectivity index (χ0v) is 12.1. The van der Waals surface area contributed by atoms with E-state index in [1.165, 1.54) is 28.6 Å². The zero-order valence-electron chi connectivity index (χ0n) is 10.5. The van der Waals surface area contributed by atoms with Crippen molar-refractivity contribution < 1.29 is 4.79 Å². The summed E-state index contributed by atoms with van der Waals surface area (Å²) in [6.07, 6.45) is 5.16. The minimum atomic E-state index is -0.364. The zero-order chi connectivity index (χ0) is 13.7. The average Bonchev–Trinajstić information content (AvgIpc) is 3.08. The Bertz CT molecular complexity index is 837. The molecule has 2 N–H and O–H groups in total. The van der Waals surface area contributed by atoms with Crippen LogP contribution in [0.15, 0.2) is 11.5 Å². The van der Waals surface area contributed by atoms with Crippen LogP contribution in [0.2, 0.25) is 0 Å². The number of fused-ring (bicyclic) bond motifs is 5. The van der Waals surface area contributed by atoms with Gasteiger partial charge >= 0.3 is 0 Å². The van der Waals surface area contributed by atoms with E-state index in [1.54, 1.807) is 17.7 Å². The van der Waals surface area contributed by atoms with Gasteiger partial charge in [0.2, 0.25) is 5.91 Å². The van der Waals surface area contributed by atoms with Crippen LogP contribution >= 0.6 is 23.1 Å². The number of aromatic nitrogens is 4. The summed E-state index contributed by atoms with van der Waals surface area (Å²) in [5.41, 5.74) is 7.38. The number of rotatable bonds is 3. The quantitative estimate of drug-likeness (QED) is 0.739. The molecule has 3 heterocycles. The molecule has 0 unspecified atom stereocenters. The molecule has 8 heteroatoms. The smallest absolute Gasteiger partial charge is 0.227 e. The van der Waals surface area contributed by atoms with Gasteiger partial charge in [0.05, 0.1) is 11.1 Å². The standard InChI is InChI=1S/C12H11N5OS2/c13-8(18)4-19-12-16-15-10-9-6-2-1-3-7(6)20-11(9)14-5-17(10)12/h5H,1-4H2,(H2,13,18). The molecule has 0 fully saturated rings. The molecule has 1 aliphatic rings. The molecule has 6 nitrogen and oxygen atoms in total. The van der Waals surface area contributed by atoms with Gasteiger partial charge in [-0.25, -0.2) is 4.98 Å². The van der Waals surface area contributed by atoms with Gasteiger partial charge in [-0.3, -0.25) is 9.20 Å². The highest BCUT2D eigenvalue weighted by molar-refractivity contribution is 7.99. The summed E-state index contributed by atoms with van der Waals surface area (Å²) in [6, 6.07) is 0. The summed E-state index contributed by atoms with van der Waals surface area (Å²) in [4.78, 5) is 17.8. The summed E-state index contributed by atoms with van der Waals surface area (Å²) >= 11 is 3.04. The number of thioether (sulfide) groups is 1. The number of primary amides is 1. The molecule has 0 aromatic carbocycles. The highest BCUT2D eigenvalue weighted by Crippen LogP contribution is 2.38. The fourth-order valence-corrected chi connectivity index (χ4v) is 4.47. The Morgan fingerprint density at radius 2 is 2.35 bits per heavy atom. The number of aryl methyl sites for hydroxylation is 2. The minimum Gasteiger partial charge on any atom is -0.369 e. The fraction of sp³-hybridized carbons (Fsp3) is 0.333. The lowest BCUT2D eigenvalue weighted by Crippen LogP contribution is -2.13. The largest absolute Gasteiger partial charge is 0.369 e. The molecule has 4 rings (SSSR count). The second-order valence-corrected chi connectivity index (χ2v) is 6.74. The van der Waals surface area contributed by atoms with Gasteiger partial charge < -0.3 is 5.73 Å². The summed E-state index contributed by atoms with van der Waals surface area (Å²) < 4.78 is 1.85. The Kier molecular flexibility index (Phi) is 2.67. The lowest BCUT2D eigenvalue weighted by molar-refractivity contribution is -0.115. The van der Waals surface area contributed by atoms with Crippen molar-refractivity contribution in [2.45, 2.75) is 24.4 Å². The molecule has 0 radical (unpaired) electrons. The van der Waals surface area contributed by atoms with Gasteiger partial charge in [0.25, 0.3) is 0 Å². The van der Waals surface area contributed by atoms with Crippen LogP contribution in [0.3, 0.4) is 0 Å². The van der Waals surface area contributed by atoms with Crippen LogP contribution in [0, 0.1) is 0 Å². The van der Waals surface area contributed by atoms with Crippen LogP contribution in [0.25, 0.3) is 15.9 Å². The minimum absolute atomic E-state index is 0.195. The van der Waals surface area contributed by atoms with Crippen LogP contribution in [0.5, 0.6) is 0 Å². The SMILES string of the molecule is NC(=O)CSc1nnc2c3c4c(sc3ncn12)CCC4. The van der Waals surface area contributed by atoms with E-state index < -0.39 is 0 Å². The van der Waals surface area contributed by atoms with E-state index in [0.29, 0.717) is 5.16 Å². The van der Waals surface area contributed by atoms with Crippen molar-refractivity contribution in [3.8, 4) is 0 Å². The maximum absolute atomic E-state index is 10.9. The van der Waals surface area contributed by atoms with Crippen LogP contribution in [-0.4, -0.2) is 31.2 Å². The Morgan fingerprint density at radius 1 is 1.45 bits per heavy atom. The molecule has 3 aromatic rings. The number of thiophene rings is 1. The normalized spacial score (nSPS) is 14.2. The maximum atomic E-state index is 10.9. The van der Waals surface area contributed by atoms with Crippen molar-refractivity contribution in [3.63, 3.8) is 0 Å². The van der Waals surface area contributed by atoms with Gasteiger partial charge in [0.15, 0.2) is 10.8 Å². The van der Waals surface area contributed by atoms with Crippen LogP contribution in [-0.2, 0) is 17.6 Å². The van der Waals surface area contributed by atoms with E-state index >= 15 is 0 Å². The summed E-state index contributed by atoms with van der Waals surface area (Å²) in [5, 5.41) is 10.2. The van der Waals surface area contributed by atoms with Crippen molar-refractivity contribution in [2.75, 3.05) is 5.75 Å². The molecule has 20 heavy (non-hydrogen) atoms. The molecule has 0 saturated carbocycles. The number of nitrogens with zero attached hydrogens (tertiary/aromatic N) is 4. The van der Waals surface area contributed by atoms with Gasteiger partial charge in [-0.05, 0) is 24.8 Å². The van der Waals surface area contributed by atoms with Crippen molar-refractivity contribution in [1.29, 1.82) is 0 Å². The molecule has 0 spiro atoms. The van der Waals surface area contributed by atoms with Crippen LogP contribution < -0.4 is 5.73 Å². The summed E-state index contributed by atoms with van der Waals surface area (Å²) in [5.74, 6) is -0.169. The highest BCUT2D eigenvalue weighted by atomic mass is 32.2. The molecule has 1 amide bonds. The monoisotopic (exact) mass is 305 g/mol. The highest BCUT2D eigenvalue weighted by Gasteiger charge is 2.22. The molecule has 0 atom stereocenters. The first-order valence-electron chi connectivity index (χ1n) is 6.29. The molecule has 0 saturated heterocycles. The second-order valence-electron chi connectivity index (χ2n) is 4.71. The van der Waals surface area contributed by atoms with E-state index in [-0.39, 0.29) is 11.7 Å². The fourth-order valence-electron chi connectivity index (χ4n) is 2.61. The third kappa shape index (κ3) is 1.71. The predicted octanol–water partition coefficient (Wildman–Crippen LogP) is 1.41. The molecule has 0 aliphatic heterocycles. The number of carbonyl (C=O) groups excluding carboxylic acids is 1. The second kappa shape index (κ2) is 4.42. The van der Waals surface area contributed by atoms with E-state index in [2.05, 4.69) is 15.2 Å². The Labute approximate surface area is 122 Å². The van der Waals surface area contributed by atoms with Gasteiger partial charge in [-0.15, -0.1) is 21.5 Å². The average molecular weight is 305 g/mol. The van der Waals surface area contributed by atoms with Gasteiger partial charge in [-0.2, -0.15) is 0 Å². The number of hydrogen-bond acceptors (Lipinski definition) is 6. The third-order valence-corrected chi connectivity index (χ3v) is 5.59. The summed E-state index contributed by atoms with van der Waals surface area (Å²) in [6.45, 7) is 0. The molecule has 0 bridgehead atoms. The maximum Gasteiger partial charge on any atom is 0.227 e. The van der Waals surface area contributed by atoms with Crippen molar-refractivity contribution in [1.82, 2.24) is 19.6 Å². The number of hydrogen-bond donors (Lipinski definition) is 1. The Hall–Kier alpha value is -1.67. The van der Waals surface area contributed by atoms with E-state index in [0.717, 1.165) is 28.7 Å². The van der Waals surface area contributed by atoms with Gasteiger partial charge in [0.1, 0.15) is 11.2 Å². The third-order valence-electron chi connectivity index (χ3n) is 3.42. The molecule has 1 aliphatic carbocycles. The van der Waals surface area contributed by atoms with Gasteiger partial charge in [0, 0.05) is 4.88 Å². The van der Waals surface area contributed by atoms with E-state index in [9.17, 15) is 4.79 Å². The Balaban J connectivity index is 1.90. The predicted molar refractivity (Wildman–Crippen MR) is 78.1 cm³/mol. The van der Waals surface area contributed by atoms with Crippen molar-refractivity contribution in [2.24, 2.45) is 5.73 Å². The number of carbonyl (C=O) groups is 1. The first-order chi connectivity index (χ1) is 9.74. The first kappa shape index (κ1) is 12.1. The van der Waals surface area contributed by atoms with Crippen molar-refractivity contribution >= 4 is 44.9 Å². The van der Waals surface area contributed by atoms with Crippen LogP contribution in [0.1, 0.15) is 16.9 Å². The first-order valence-corrected chi connectivity index (χ1v) is 8.09. The number of amides is 1. The number of nitrogens with two attached hydrogens (primary N) is 1. The lowest BCUT2D eigenvalue weighted by atomic mass is 10.2. The van der Waals surface area contributed by atoms with Crippen molar-refractivity contribution in [3.05, 3.63) is 16.8 Å². The lowest BCUT2D eigenvalue weighted by Gasteiger charge is -1.99. The Morgan fingerprint density at radius 3 is 3.20 bits per heavy atom. The molecular formula is C12H11N5OS2. The topological polar surface area (TPSA) is 86.2 Å². The molecular weight excluding hydrogens is 294 g/mol.